The number of aromatic nitrogens is 4. The van der Waals surface area contributed by atoms with E-state index in [0.29, 0.717) is 45.5 Å². The first-order valence-corrected chi connectivity index (χ1v) is 10.4. The van der Waals surface area contributed by atoms with E-state index in [1.165, 1.54) is 0 Å². The molecule has 170 valence electrons. The quantitative estimate of drug-likeness (QED) is 0.335. The summed E-state index contributed by atoms with van der Waals surface area (Å²) in [6, 6.07) is 11.8. The molecule has 0 aliphatic rings. The van der Waals surface area contributed by atoms with Crippen molar-refractivity contribution in [3.8, 4) is 11.6 Å². The second-order valence-corrected chi connectivity index (χ2v) is 6.58. The molecule has 0 aliphatic carbocycles. The summed E-state index contributed by atoms with van der Waals surface area (Å²) in [5, 5.41) is 7.78. The number of halogens is 1. The molecule has 1 aromatic carbocycles. The van der Waals surface area contributed by atoms with Crippen LogP contribution in [-0.2, 0) is 14.2 Å². The van der Waals surface area contributed by atoms with Crippen LogP contribution in [0.5, 0.6) is 5.88 Å². The predicted molar refractivity (Wildman–Crippen MR) is 118 cm³/mol. The van der Waals surface area contributed by atoms with Gasteiger partial charge in [0.25, 0.3) is 0 Å². The molecule has 0 radical (unpaired) electrons. The van der Waals surface area contributed by atoms with Crippen molar-refractivity contribution >= 4 is 12.2 Å². The van der Waals surface area contributed by atoms with Crippen LogP contribution in [0.15, 0.2) is 55.0 Å². The number of benzene rings is 1. The van der Waals surface area contributed by atoms with Crippen molar-refractivity contribution in [3.63, 3.8) is 0 Å². The van der Waals surface area contributed by atoms with Gasteiger partial charge in [-0.1, -0.05) is 29.5 Å². The Bertz CT molecular complexity index is 903. The monoisotopic (exact) mass is 441 g/mol. The highest BCUT2D eigenvalue weighted by Crippen LogP contribution is 2.13. The van der Waals surface area contributed by atoms with Crippen molar-refractivity contribution in [1.29, 1.82) is 0 Å². The lowest BCUT2D eigenvalue weighted by atomic mass is 10.1. The van der Waals surface area contributed by atoms with Gasteiger partial charge in [-0.05, 0) is 29.3 Å². The molecule has 0 atom stereocenters. The minimum absolute atomic E-state index is 0.113. The van der Waals surface area contributed by atoms with E-state index in [4.69, 9.17) is 18.9 Å². The SMILES string of the molecule is [18F]CCOCCOCCOCCOc1ccc(/C=C/c2ccc(-n3ccnn3)cc2)cn1. The number of hydrogen-bond acceptors (Lipinski definition) is 7. The van der Waals surface area contributed by atoms with E-state index < -0.39 is 6.67 Å². The van der Waals surface area contributed by atoms with Crippen LogP contribution in [0.1, 0.15) is 11.1 Å². The Morgan fingerprint density at radius 1 is 0.781 bits per heavy atom. The maximum Gasteiger partial charge on any atom is 0.213 e. The van der Waals surface area contributed by atoms with Crippen molar-refractivity contribution in [2.75, 3.05) is 52.9 Å². The molecule has 0 amide bonds. The average molecular weight is 441 g/mol. The van der Waals surface area contributed by atoms with Crippen LogP contribution >= 0.6 is 0 Å². The van der Waals surface area contributed by atoms with E-state index in [9.17, 15) is 4.39 Å². The van der Waals surface area contributed by atoms with Gasteiger partial charge < -0.3 is 18.9 Å². The normalized spacial score (nSPS) is 11.3. The van der Waals surface area contributed by atoms with Crippen LogP contribution in [-0.4, -0.2) is 72.9 Å². The number of alkyl halides is 1. The molecule has 2 heterocycles. The number of hydrogen-bond donors (Lipinski definition) is 0. The fraction of sp³-hybridized carbons (Fsp3) is 0.348. The fourth-order valence-electron chi connectivity index (χ4n) is 2.65. The maximum atomic E-state index is 11.8. The van der Waals surface area contributed by atoms with E-state index in [1.54, 1.807) is 23.3 Å². The molecular formula is C23H27FN4O4. The summed E-state index contributed by atoms with van der Waals surface area (Å²) in [7, 11) is 0. The highest BCUT2D eigenvalue weighted by Gasteiger charge is 1.98. The van der Waals surface area contributed by atoms with Crippen molar-refractivity contribution in [3.05, 3.63) is 66.1 Å². The average Bonchev–Trinajstić information content (AvgIpc) is 3.37. The van der Waals surface area contributed by atoms with E-state index in [1.807, 2.05) is 48.6 Å². The first kappa shape index (κ1) is 23.5. The summed E-state index contributed by atoms with van der Waals surface area (Å²) in [4.78, 5) is 4.31. The maximum absolute atomic E-state index is 11.8. The van der Waals surface area contributed by atoms with Gasteiger partial charge >= 0.3 is 0 Å². The van der Waals surface area contributed by atoms with E-state index >= 15 is 0 Å². The highest BCUT2D eigenvalue weighted by molar-refractivity contribution is 5.69. The van der Waals surface area contributed by atoms with E-state index in [-0.39, 0.29) is 6.61 Å². The first-order chi connectivity index (χ1) is 15.8. The zero-order valence-corrected chi connectivity index (χ0v) is 17.8. The first-order valence-electron chi connectivity index (χ1n) is 10.4. The van der Waals surface area contributed by atoms with Crippen molar-refractivity contribution in [2.24, 2.45) is 0 Å². The lowest BCUT2D eigenvalue weighted by molar-refractivity contribution is 0.00728. The topological polar surface area (TPSA) is 80.5 Å². The molecule has 0 spiro atoms. The predicted octanol–water partition coefficient (Wildman–Crippen LogP) is 3.23. The van der Waals surface area contributed by atoms with Crippen LogP contribution in [0.25, 0.3) is 17.8 Å². The standard InChI is InChI=1S/C23H27FN4O4/c24-9-12-29-13-14-30-15-16-31-17-18-32-23-8-5-21(19-25-23)2-1-20-3-6-22(7-4-20)28-11-10-26-27-28/h1-8,10-11,19H,9,12-18H2/b2-1+/i24-1. The van der Waals surface area contributed by atoms with Crippen LogP contribution in [0.4, 0.5) is 4.39 Å². The molecule has 0 N–H and O–H groups in total. The minimum Gasteiger partial charge on any atom is -0.475 e. The molecule has 3 rings (SSSR count). The molecule has 9 heteroatoms. The third-order valence-electron chi connectivity index (χ3n) is 4.25. The van der Waals surface area contributed by atoms with Crippen LogP contribution in [0.2, 0.25) is 0 Å². The molecule has 0 aliphatic heterocycles. The summed E-state index contributed by atoms with van der Waals surface area (Å²) in [6.45, 7) is 2.22. The number of pyridine rings is 1. The van der Waals surface area contributed by atoms with Crippen LogP contribution in [0, 0.1) is 0 Å². The zero-order valence-electron chi connectivity index (χ0n) is 17.8. The molecule has 2 aromatic heterocycles. The molecule has 0 saturated carbocycles. The Morgan fingerprint density at radius 2 is 1.44 bits per heavy atom. The summed E-state index contributed by atoms with van der Waals surface area (Å²) >= 11 is 0. The molecule has 8 nitrogen and oxygen atoms in total. The van der Waals surface area contributed by atoms with Gasteiger partial charge in [0, 0.05) is 12.3 Å². The second-order valence-electron chi connectivity index (χ2n) is 6.58. The molecule has 0 bridgehead atoms. The third kappa shape index (κ3) is 8.54. The highest BCUT2D eigenvalue weighted by atomic mass is 18.2. The second kappa shape index (κ2) is 14.0. The number of ether oxygens (including phenoxy) is 4. The molecule has 0 saturated heterocycles. The van der Waals surface area contributed by atoms with Gasteiger partial charge in [0.15, 0.2) is 0 Å². The molecule has 0 fully saturated rings. The Kier molecular flexibility index (Phi) is 10.3. The Labute approximate surface area is 186 Å². The van der Waals surface area contributed by atoms with Crippen molar-refractivity contribution in [2.45, 2.75) is 0 Å². The van der Waals surface area contributed by atoms with Gasteiger partial charge in [0.05, 0.1) is 57.7 Å². The van der Waals surface area contributed by atoms with Crippen LogP contribution in [0.3, 0.4) is 0 Å². The smallest absolute Gasteiger partial charge is 0.213 e. The summed E-state index contributed by atoms with van der Waals surface area (Å²) in [6.07, 6.45) is 9.22. The van der Waals surface area contributed by atoms with Gasteiger partial charge in [-0.15, -0.1) is 5.10 Å². The largest absolute Gasteiger partial charge is 0.475 e. The van der Waals surface area contributed by atoms with E-state index in [0.717, 1.165) is 16.8 Å². The van der Waals surface area contributed by atoms with Gasteiger partial charge in [-0.3, -0.25) is 0 Å². The lowest BCUT2D eigenvalue weighted by Gasteiger charge is -2.07. The molecule has 32 heavy (non-hydrogen) atoms. The van der Waals surface area contributed by atoms with Crippen molar-refractivity contribution < 1.29 is 23.3 Å². The summed E-state index contributed by atoms with van der Waals surface area (Å²) in [5.74, 6) is 0.546. The number of rotatable bonds is 15. The fourth-order valence-corrected chi connectivity index (χ4v) is 2.65. The van der Waals surface area contributed by atoms with E-state index in [2.05, 4.69) is 15.3 Å². The van der Waals surface area contributed by atoms with Gasteiger partial charge in [0.1, 0.15) is 13.3 Å². The summed E-state index contributed by atoms with van der Waals surface area (Å²) < 4.78 is 34.8. The Balaban J connectivity index is 1.29. The van der Waals surface area contributed by atoms with Gasteiger partial charge in [-0.25, -0.2) is 14.1 Å². The minimum atomic E-state index is -0.474. The third-order valence-corrected chi connectivity index (χ3v) is 4.25. The Morgan fingerprint density at radius 3 is 2.06 bits per heavy atom. The molecule has 3 aromatic rings. The Hall–Kier alpha value is -3.14. The van der Waals surface area contributed by atoms with Gasteiger partial charge in [-0.2, -0.15) is 0 Å². The van der Waals surface area contributed by atoms with Crippen molar-refractivity contribution in [1.82, 2.24) is 20.0 Å². The lowest BCUT2D eigenvalue weighted by Crippen LogP contribution is -2.13. The summed E-state index contributed by atoms with van der Waals surface area (Å²) in [5.41, 5.74) is 3.00. The van der Waals surface area contributed by atoms with Crippen LogP contribution < -0.4 is 4.74 Å². The number of nitrogens with zero attached hydrogens (tertiary/aromatic N) is 4. The zero-order chi connectivity index (χ0) is 22.3. The van der Waals surface area contributed by atoms with Gasteiger partial charge in [0.2, 0.25) is 5.88 Å². The molecular weight excluding hydrogens is 414 g/mol. The molecule has 0 unspecified atom stereocenters.